The molecule has 0 aliphatic carbocycles. The highest BCUT2D eigenvalue weighted by Gasteiger charge is 2.09. The third-order valence-corrected chi connectivity index (χ3v) is 4.30. The van der Waals surface area contributed by atoms with Crippen LogP contribution in [0.5, 0.6) is 0 Å². The molecule has 0 spiro atoms. The zero-order chi connectivity index (χ0) is 18.4. The van der Waals surface area contributed by atoms with E-state index in [0.29, 0.717) is 18.8 Å². The van der Waals surface area contributed by atoms with E-state index in [1.807, 2.05) is 24.4 Å². The molecule has 3 N–H and O–H groups in total. The topological polar surface area (TPSA) is 96.3 Å². The lowest BCUT2D eigenvalue weighted by Gasteiger charge is -2.09. The molecule has 0 aliphatic heterocycles. The Hall–Kier alpha value is -3.13. The predicted molar refractivity (Wildman–Crippen MR) is 99.0 cm³/mol. The van der Waals surface area contributed by atoms with Crippen LogP contribution in [0.4, 0.5) is 10.5 Å². The highest BCUT2D eigenvalue weighted by Crippen LogP contribution is 2.13. The fourth-order valence-electron chi connectivity index (χ4n) is 2.26. The van der Waals surface area contributed by atoms with Crippen LogP contribution in [0, 0.1) is 6.92 Å². The number of aryl methyl sites for hydroxylation is 1. The molecule has 0 saturated carbocycles. The summed E-state index contributed by atoms with van der Waals surface area (Å²) in [6, 6.07) is 10.2. The van der Waals surface area contributed by atoms with Gasteiger partial charge in [0, 0.05) is 17.6 Å². The van der Waals surface area contributed by atoms with Crippen molar-refractivity contribution in [1.82, 2.24) is 15.6 Å². The van der Waals surface area contributed by atoms with Crippen molar-refractivity contribution in [1.29, 1.82) is 0 Å². The highest BCUT2D eigenvalue weighted by molar-refractivity contribution is 7.09. The second-order valence-electron chi connectivity index (χ2n) is 5.53. The third kappa shape index (κ3) is 4.93. The summed E-state index contributed by atoms with van der Waals surface area (Å²) in [4.78, 5) is 28.2. The number of nitrogens with one attached hydrogen (secondary N) is 3. The standard InChI is InChI=1S/C18H18N4O3S/c1-12-21-15(11-26-12)10-20-18(24)19-9-13-4-2-5-14(8-13)22-17(23)16-6-3-7-25-16/h2-8,11H,9-10H2,1H3,(H,22,23)(H2,19,20,24). The summed E-state index contributed by atoms with van der Waals surface area (Å²) in [7, 11) is 0. The number of urea groups is 1. The van der Waals surface area contributed by atoms with Crippen molar-refractivity contribution in [3.8, 4) is 0 Å². The molecule has 1 aromatic carbocycles. The molecule has 3 rings (SSSR count). The first-order valence-electron chi connectivity index (χ1n) is 7.96. The molecule has 26 heavy (non-hydrogen) atoms. The van der Waals surface area contributed by atoms with Gasteiger partial charge in [-0.25, -0.2) is 9.78 Å². The molecule has 2 aromatic heterocycles. The smallest absolute Gasteiger partial charge is 0.315 e. The quantitative estimate of drug-likeness (QED) is 0.620. The van der Waals surface area contributed by atoms with Crippen molar-refractivity contribution in [2.45, 2.75) is 20.0 Å². The highest BCUT2D eigenvalue weighted by atomic mass is 32.1. The zero-order valence-electron chi connectivity index (χ0n) is 14.1. The Labute approximate surface area is 154 Å². The van der Waals surface area contributed by atoms with Crippen LogP contribution in [-0.4, -0.2) is 16.9 Å². The number of carbonyl (C=O) groups is 2. The molecule has 0 fully saturated rings. The zero-order valence-corrected chi connectivity index (χ0v) is 14.9. The molecule has 2 heterocycles. The molecule has 0 radical (unpaired) electrons. The molecule has 134 valence electrons. The average Bonchev–Trinajstić information content (AvgIpc) is 3.30. The number of furan rings is 1. The second kappa shape index (κ2) is 8.30. The summed E-state index contributed by atoms with van der Waals surface area (Å²) in [6.07, 6.45) is 1.45. The number of hydrogen-bond acceptors (Lipinski definition) is 5. The number of hydrogen-bond donors (Lipinski definition) is 3. The first-order valence-corrected chi connectivity index (χ1v) is 8.84. The van der Waals surface area contributed by atoms with Gasteiger partial charge in [-0.05, 0) is 36.8 Å². The van der Waals surface area contributed by atoms with E-state index in [9.17, 15) is 9.59 Å². The first-order chi connectivity index (χ1) is 12.6. The summed E-state index contributed by atoms with van der Waals surface area (Å²) < 4.78 is 5.06. The Morgan fingerprint density at radius 1 is 1.15 bits per heavy atom. The van der Waals surface area contributed by atoms with E-state index in [-0.39, 0.29) is 17.7 Å². The maximum absolute atomic E-state index is 12.0. The molecular formula is C18H18N4O3S. The SMILES string of the molecule is Cc1nc(CNC(=O)NCc2cccc(NC(=O)c3ccco3)c2)cs1. The minimum Gasteiger partial charge on any atom is -0.459 e. The predicted octanol–water partition coefficient (Wildman–Crippen LogP) is 3.30. The van der Waals surface area contributed by atoms with Crippen LogP contribution in [0.3, 0.4) is 0 Å². The van der Waals surface area contributed by atoms with Gasteiger partial charge in [0.1, 0.15) is 0 Å². The average molecular weight is 370 g/mol. The van der Waals surface area contributed by atoms with Crippen LogP contribution in [0.1, 0.15) is 26.8 Å². The van der Waals surface area contributed by atoms with E-state index in [2.05, 4.69) is 20.9 Å². The van der Waals surface area contributed by atoms with Crippen LogP contribution in [-0.2, 0) is 13.1 Å². The number of amides is 3. The van der Waals surface area contributed by atoms with Gasteiger partial charge in [-0.3, -0.25) is 4.79 Å². The van der Waals surface area contributed by atoms with Gasteiger partial charge in [-0.15, -0.1) is 11.3 Å². The molecule has 7 nitrogen and oxygen atoms in total. The van der Waals surface area contributed by atoms with Crippen LogP contribution >= 0.6 is 11.3 Å². The maximum Gasteiger partial charge on any atom is 0.315 e. The van der Waals surface area contributed by atoms with E-state index < -0.39 is 0 Å². The Balaban J connectivity index is 1.48. The van der Waals surface area contributed by atoms with Crippen LogP contribution < -0.4 is 16.0 Å². The number of benzene rings is 1. The van der Waals surface area contributed by atoms with Gasteiger partial charge >= 0.3 is 6.03 Å². The maximum atomic E-state index is 12.0. The number of carbonyl (C=O) groups excluding carboxylic acids is 2. The molecular weight excluding hydrogens is 352 g/mol. The van der Waals surface area contributed by atoms with Gasteiger partial charge in [0.15, 0.2) is 5.76 Å². The number of anilines is 1. The summed E-state index contributed by atoms with van der Waals surface area (Å²) in [6.45, 7) is 2.65. The molecule has 3 amide bonds. The summed E-state index contributed by atoms with van der Waals surface area (Å²) in [5.41, 5.74) is 2.33. The van der Waals surface area contributed by atoms with E-state index in [1.165, 1.54) is 6.26 Å². The normalized spacial score (nSPS) is 10.3. The molecule has 0 aliphatic rings. The Kier molecular flexibility index (Phi) is 5.65. The molecule has 8 heteroatoms. The molecule has 0 saturated heterocycles. The van der Waals surface area contributed by atoms with Gasteiger partial charge in [-0.1, -0.05) is 12.1 Å². The van der Waals surface area contributed by atoms with Gasteiger partial charge in [0.2, 0.25) is 0 Å². The fraction of sp³-hybridized carbons (Fsp3) is 0.167. The fourth-order valence-corrected chi connectivity index (χ4v) is 2.88. The summed E-state index contributed by atoms with van der Waals surface area (Å²) >= 11 is 1.55. The molecule has 0 bridgehead atoms. The van der Waals surface area contributed by atoms with Gasteiger partial charge in [-0.2, -0.15) is 0 Å². The van der Waals surface area contributed by atoms with Gasteiger partial charge in [0.25, 0.3) is 5.91 Å². The molecule has 3 aromatic rings. The van der Waals surface area contributed by atoms with Crippen molar-refractivity contribution in [2.75, 3.05) is 5.32 Å². The van der Waals surface area contributed by atoms with Crippen LogP contribution in [0.15, 0.2) is 52.5 Å². The van der Waals surface area contributed by atoms with Crippen molar-refractivity contribution in [3.05, 3.63) is 70.1 Å². The van der Waals surface area contributed by atoms with Gasteiger partial charge in [0.05, 0.1) is 23.5 Å². The lowest BCUT2D eigenvalue weighted by atomic mass is 10.2. The molecule has 0 unspecified atom stereocenters. The van der Waals surface area contributed by atoms with Crippen molar-refractivity contribution >= 4 is 29.0 Å². The van der Waals surface area contributed by atoms with Crippen LogP contribution in [0.2, 0.25) is 0 Å². The molecule has 0 atom stereocenters. The second-order valence-corrected chi connectivity index (χ2v) is 6.59. The first kappa shape index (κ1) is 17.7. The lowest BCUT2D eigenvalue weighted by molar-refractivity contribution is 0.0996. The van der Waals surface area contributed by atoms with Gasteiger partial charge < -0.3 is 20.4 Å². The van der Waals surface area contributed by atoms with Crippen molar-refractivity contribution in [3.63, 3.8) is 0 Å². The van der Waals surface area contributed by atoms with Crippen LogP contribution in [0.25, 0.3) is 0 Å². The number of nitrogens with zero attached hydrogens (tertiary/aromatic N) is 1. The Morgan fingerprint density at radius 3 is 2.73 bits per heavy atom. The Morgan fingerprint density at radius 2 is 2.00 bits per heavy atom. The lowest BCUT2D eigenvalue weighted by Crippen LogP contribution is -2.34. The number of thiazole rings is 1. The van der Waals surface area contributed by atoms with E-state index in [0.717, 1.165) is 16.3 Å². The summed E-state index contributed by atoms with van der Waals surface area (Å²) in [5.74, 6) is -0.0819. The summed E-state index contributed by atoms with van der Waals surface area (Å²) in [5, 5.41) is 11.2. The van der Waals surface area contributed by atoms with E-state index in [4.69, 9.17) is 4.42 Å². The van der Waals surface area contributed by atoms with Crippen molar-refractivity contribution < 1.29 is 14.0 Å². The largest absolute Gasteiger partial charge is 0.459 e. The minimum atomic E-state index is -0.323. The monoisotopic (exact) mass is 370 g/mol. The van der Waals surface area contributed by atoms with E-state index >= 15 is 0 Å². The number of rotatable bonds is 6. The Bertz CT molecular complexity index is 889. The minimum absolute atomic E-state index is 0.241. The van der Waals surface area contributed by atoms with Crippen molar-refractivity contribution in [2.24, 2.45) is 0 Å². The number of aromatic nitrogens is 1. The van der Waals surface area contributed by atoms with E-state index in [1.54, 1.807) is 35.6 Å². The third-order valence-electron chi connectivity index (χ3n) is 3.48.